The second-order valence-corrected chi connectivity index (χ2v) is 3.47. The summed E-state index contributed by atoms with van der Waals surface area (Å²) in [6, 6.07) is 1.98. The monoisotopic (exact) mass is 254 g/mol. The van der Waals surface area contributed by atoms with E-state index in [1.165, 1.54) is 0 Å². The largest absolute Gasteiger partial charge is 0.465 e. The number of halogens is 4. The second-order valence-electron chi connectivity index (χ2n) is 2.65. The van der Waals surface area contributed by atoms with Gasteiger partial charge in [-0.1, -0.05) is 23.2 Å². The van der Waals surface area contributed by atoms with E-state index in [0.29, 0.717) is 0 Å². The molecule has 82 valence electrons. The topological polar surface area (TPSA) is 26.3 Å². The molecular formula is C9H6Cl2F2O2. The van der Waals surface area contributed by atoms with Crippen molar-refractivity contribution < 1.29 is 18.3 Å². The maximum Gasteiger partial charge on any atom is 0.340 e. The number of alkyl halides is 2. The van der Waals surface area contributed by atoms with Crippen LogP contribution in [0.1, 0.15) is 22.3 Å². The van der Waals surface area contributed by atoms with Crippen molar-refractivity contribution >= 4 is 29.2 Å². The molecule has 0 saturated carbocycles. The number of carbonyl (C=O) groups excluding carboxylic acids is 1. The van der Waals surface area contributed by atoms with E-state index in [1.54, 1.807) is 0 Å². The van der Waals surface area contributed by atoms with Crippen molar-refractivity contribution in [2.75, 3.05) is 7.11 Å². The van der Waals surface area contributed by atoms with Crippen LogP contribution in [0.2, 0.25) is 10.0 Å². The maximum atomic E-state index is 12.3. The Morgan fingerprint density at radius 1 is 1.33 bits per heavy atom. The van der Waals surface area contributed by atoms with Gasteiger partial charge in [-0.25, -0.2) is 13.6 Å². The number of ether oxygens (including phenoxy) is 1. The molecule has 0 atom stereocenters. The number of hydrogen-bond donors (Lipinski definition) is 0. The molecule has 0 heterocycles. The highest BCUT2D eigenvalue weighted by Gasteiger charge is 2.19. The molecule has 0 aliphatic carbocycles. The molecule has 0 radical (unpaired) electrons. The summed E-state index contributed by atoms with van der Waals surface area (Å²) < 4.78 is 29.0. The number of rotatable bonds is 2. The quantitative estimate of drug-likeness (QED) is 0.753. The molecule has 0 fully saturated rings. The zero-order valence-corrected chi connectivity index (χ0v) is 9.07. The van der Waals surface area contributed by atoms with Crippen molar-refractivity contribution in [3.05, 3.63) is 33.3 Å². The van der Waals surface area contributed by atoms with Crippen LogP contribution in [-0.4, -0.2) is 13.1 Å². The minimum Gasteiger partial charge on any atom is -0.465 e. The Bertz CT molecular complexity index is 371. The van der Waals surface area contributed by atoms with Crippen LogP contribution >= 0.6 is 23.2 Å². The first-order valence-corrected chi connectivity index (χ1v) is 4.58. The Kier molecular flexibility index (Phi) is 3.88. The predicted molar refractivity (Wildman–Crippen MR) is 52.8 cm³/mol. The van der Waals surface area contributed by atoms with Gasteiger partial charge in [-0.15, -0.1) is 0 Å². The molecule has 0 saturated heterocycles. The average molecular weight is 255 g/mol. The Labute approximate surface area is 94.7 Å². The first-order valence-electron chi connectivity index (χ1n) is 3.82. The van der Waals surface area contributed by atoms with E-state index in [1.807, 2.05) is 0 Å². The Morgan fingerprint density at radius 3 is 2.13 bits per heavy atom. The van der Waals surface area contributed by atoms with Gasteiger partial charge in [0.05, 0.1) is 22.7 Å². The number of carbonyl (C=O) groups is 1. The van der Waals surface area contributed by atoms with Crippen LogP contribution in [0.5, 0.6) is 0 Å². The van der Waals surface area contributed by atoms with Crippen LogP contribution in [-0.2, 0) is 4.74 Å². The third-order valence-corrected chi connectivity index (χ3v) is 2.30. The Balaban J connectivity index is 3.27. The van der Waals surface area contributed by atoms with E-state index in [-0.39, 0.29) is 21.2 Å². The van der Waals surface area contributed by atoms with Gasteiger partial charge in [0.1, 0.15) is 0 Å². The number of hydrogen-bond acceptors (Lipinski definition) is 2. The van der Waals surface area contributed by atoms with Crippen molar-refractivity contribution in [1.82, 2.24) is 0 Å². The molecule has 0 N–H and O–H groups in total. The van der Waals surface area contributed by atoms with Crippen molar-refractivity contribution in [3.63, 3.8) is 0 Å². The first kappa shape index (κ1) is 12.2. The van der Waals surface area contributed by atoms with Crippen molar-refractivity contribution in [3.8, 4) is 0 Å². The Hall–Kier alpha value is -0.870. The average Bonchev–Trinajstić information content (AvgIpc) is 2.16. The molecule has 0 spiro atoms. The lowest BCUT2D eigenvalue weighted by Gasteiger charge is -2.07. The molecule has 0 aromatic heterocycles. The van der Waals surface area contributed by atoms with Crippen LogP contribution in [0.3, 0.4) is 0 Å². The van der Waals surface area contributed by atoms with Gasteiger partial charge in [-0.05, 0) is 12.1 Å². The summed E-state index contributed by atoms with van der Waals surface area (Å²) in [5.74, 6) is -0.759. The highest BCUT2D eigenvalue weighted by Crippen LogP contribution is 2.31. The van der Waals surface area contributed by atoms with Crippen molar-refractivity contribution in [2.45, 2.75) is 6.43 Å². The molecule has 0 aliphatic rings. The summed E-state index contributed by atoms with van der Waals surface area (Å²) in [6.45, 7) is 0. The van der Waals surface area contributed by atoms with Gasteiger partial charge in [0.25, 0.3) is 6.43 Å². The minimum atomic E-state index is -2.69. The molecule has 0 amide bonds. The summed E-state index contributed by atoms with van der Waals surface area (Å²) in [7, 11) is 1.15. The second kappa shape index (κ2) is 4.77. The first-order chi connectivity index (χ1) is 6.97. The molecule has 2 nitrogen and oxygen atoms in total. The van der Waals surface area contributed by atoms with Crippen molar-refractivity contribution in [2.24, 2.45) is 0 Å². The predicted octanol–water partition coefficient (Wildman–Crippen LogP) is 3.72. The zero-order chi connectivity index (χ0) is 11.6. The lowest BCUT2D eigenvalue weighted by molar-refractivity contribution is 0.0600. The highest BCUT2D eigenvalue weighted by atomic mass is 35.5. The molecular weight excluding hydrogens is 249 g/mol. The smallest absolute Gasteiger partial charge is 0.340 e. The lowest BCUT2D eigenvalue weighted by Crippen LogP contribution is -2.04. The van der Waals surface area contributed by atoms with E-state index < -0.39 is 12.4 Å². The Morgan fingerprint density at radius 2 is 1.80 bits per heavy atom. The van der Waals surface area contributed by atoms with Crippen LogP contribution in [0, 0.1) is 0 Å². The van der Waals surface area contributed by atoms with E-state index in [4.69, 9.17) is 23.2 Å². The molecule has 1 rings (SSSR count). The standard InChI is InChI=1S/C9H6Cl2F2O2/c1-15-9(14)7-5(10)2-4(8(12)13)3-6(7)11/h2-3,8H,1H3. The molecule has 15 heavy (non-hydrogen) atoms. The fourth-order valence-electron chi connectivity index (χ4n) is 1.02. The molecule has 6 heteroatoms. The third-order valence-electron chi connectivity index (χ3n) is 1.71. The molecule has 0 bridgehead atoms. The highest BCUT2D eigenvalue weighted by molar-refractivity contribution is 6.39. The maximum absolute atomic E-state index is 12.3. The van der Waals surface area contributed by atoms with Gasteiger partial charge in [0.15, 0.2) is 0 Å². The van der Waals surface area contributed by atoms with Gasteiger partial charge in [0, 0.05) is 5.56 Å². The lowest BCUT2D eigenvalue weighted by atomic mass is 10.1. The molecule has 1 aromatic carbocycles. The summed E-state index contributed by atoms with van der Waals surface area (Å²) in [6.07, 6.45) is -2.69. The van der Waals surface area contributed by atoms with Gasteiger partial charge in [0.2, 0.25) is 0 Å². The number of methoxy groups -OCH3 is 1. The van der Waals surface area contributed by atoms with E-state index in [0.717, 1.165) is 19.2 Å². The van der Waals surface area contributed by atoms with Gasteiger partial charge in [-0.2, -0.15) is 0 Å². The van der Waals surface area contributed by atoms with Crippen LogP contribution in [0.4, 0.5) is 8.78 Å². The van der Waals surface area contributed by atoms with E-state index in [9.17, 15) is 13.6 Å². The molecule has 1 aromatic rings. The SMILES string of the molecule is COC(=O)c1c(Cl)cc(C(F)F)cc1Cl. The molecule has 0 unspecified atom stereocenters. The number of benzene rings is 1. The van der Waals surface area contributed by atoms with Crippen molar-refractivity contribution in [1.29, 1.82) is 0 Å². The molecule has 0 aliphatic heterocycles. The summed E-state index contributed by atoms with van der Waals surface area (Å²) in [4.78, 5) is 11.2. The van der Waals surface area contributed by atoms with Gasteiger partial charge >= 0.3 is 5.97 Å². The summed E-state index contributed by atoms with van der Waals surface area (Å²) >= 11 is 11.3. The third kappa shape index (κ3) is 2.58. The normalized spacial score (nSPS) is 10.5. The summed E-state index contributed by atoms with van der Waals surface area (Å²) in [5, 5.41) is -0.297. The van der Waals surface area contributed by atoms with Crippen LogP contribution < -0.4 is 0 Å². The minimum absolute atomic E-state index is 0.106. The van der Waals surface area contributed by atoms with E-state index >= 15 is 0 Å². The van der Waals surface area contributed by atoms with Gasteiger partial charge < -0.3 is 4.74 Å². The van der Waals surface area contributed by atoms with Crippen LogP contribution in [0.25, 0.3) is 0 Å². The fourth-order valence-corrected chi connectivity index (χ4v) is 1.67. The van der Waals surface area contributed by atoms with E-state index in [2.05, 4.69) is 4.74 Å². The fraction of sp³-hybridized carbons (Fsp3) is 0.222. The zero-order valence-electron chi connectivity index (χ0n) is 7.56. The number of esters is 1. The summed E-state index contributed by atoms with van der Waals surface area (Å²) in [5.41, 5.74) is -0.442. The van der Waals surface area contributed by atoms with Gasteiger partial charge in [-0.3, -0.25) is 0 Å². The van der Waals surface area contributed by atoms with Crippen LogP contribution in [0.15, 0.2) is 12.1 Å².